The lowest BCUT2D eigenvalue weighted by atomic mass is 10.2. The third-order valence-electron chi connectivity index (χ3n) is 2.89. The first-order chi connectivity index (χ1) is 7.70. The summed E-state index contributed by atoms with van der Waals surface area (Å²) >= 11 is 2.00. The number of fused-ring (bicyclic) bond motifs is 1. The molecule has 0 saturated heterocycles. The van der Waals surface area contributed by atoms with Crippen LogP contribution in [-0.2, 0) is 0 Å². The average molecular weight is 236 g/mol. The van der Waals surface area contributed by atoms with Gasteiger partial charge in [0.05, 0.1) is 5.69 Å². The van der Waals surface area contributed by atoms with Crippen LogP contribution in [0.3, 0.4) is 0 Å². The normalized spacial score (nSPS) is 19.7. The largest absolute Gasteiger partial charge is 0.368 e. The molecular formula is C13H20N2S. The molecule has 1 aromatic carbocycles. The highest BCUT2D eigenvalue weighted by Crippen LogP contribution is 2.38. The van der Waals surface area contributed by atoms with E-state index in [1.165, 1.54) is 16.1 Å². The third-order valence-corrected chi connectivity index (χ3v) is 4.04. The maximum atomic E-state index is 3.23. The number of rotatable bonds is 3. The number of thioether (sulfide) groups is 1. The zero-order chi connectivity index (χ0) is 11.5. The van der Waals surface area contributed by atoms with Crippen LogP contribution < -0.4 is 10.2 Å². The van der Waals surface area contributed by atoms with E-state index >= 15 is 0 Å². The van der Waals surface area contributed by atoms with Crippen molar-refractivity contribution in [3.63, 3.8) is 0 Å². The fourth-order valence-electron chi connectivity index (χ4n) is 2.10. The van der Waals surface area contributed by atoms with Crippen molar-refractivity contribution in [1.82, 2.24) is 5.32 Å². The minimum Gasteiger partial charge on any atom is -0.368 e. The van der Waals surface area contributed by atoms with Crippen LogP contribution in [0.5, 0.6) is 0 Å². The zero-order valence-corrected chi connectivity index (χ0v) is 11.1. The van der Waals surface area contributed by atoms with Gasteiger partial charge in [-0.3, -0.25) is 0 Å². The highest BCUT2D eigenvalue weighted by atomic mass is 32.2. The predicted molar refractivity (Wildman–Crippen MR) is 72.6 cm³/mol. The van der Waals surface area contributed by atoms with E-state index in [0.29, 0.717) is 5.25 Å². The van der Waals surface area contributed by atoms with Gasteiger partial charge in [-0.25, -0.2) is 0 Å². The topological polar surface area (TPSA) is 15.3 Å². The molecule has 0 aliphatic carbocycles. The number of nitrogens with one attached hydrogen (secondary N) is 1. The Bertz CT molecular complexity index is 365. The standard InChI is InChI=1S/C13H20N2S/c1-10-4-5-13-12(8-10)15(7-6-14-3)9-11(2)16-13/h4-5,8,11,14H,6-7,9H2,1-3H3. The second kappa shape index (κ2) is 5.11. The van der Waals surface area contributed by atoms with Crippen molar-refractivity contribution in [3.05, 3.63) is 23.8 Å². The Morgan fingerprint density at radius 3 is 3.06 bits per heavy atom. The van der Waals surface area contributed by atoms with Crippen molar-refractivity contribution in [1.29, 1.82) is 0 Å². The van der Waals surface area contributed by atoms with Crippen molar-refractivity contribution in [2.45, 2.75) is 24.0 Å². The van der Waals surface area contributed by atoms with Crippen LogP contribution in [0, 0.1) is 6.92 Å². The van der Waals surface area contributed by atoms with Crippen LogP contribution in [0.15, 0.2) is 23.1 Å². The molecule has 0 bridgehead atoms. The van der Waals surface area contributed by atoms with Crippen LogP contribution >= 0.6 is 11.8 Å². The molecule has 1 aromatic rings. The first-order valence-electron chi connectivity index (χ1n) is 5.87. The Morgan fingerprint density at radius 1 is 1.50 bits per heavy atom. The molecule has 1 aliphatic heterocycles. The molecule has 2 rings (SSSR count). The summed E-state index contributed by atoms with van der Waals surface area (Å²) in [5, 5.41) is 3.91. The molecule has 0 radical (unpaired) electrons. The summed E-state index contributed by atoms with van der Waals surface area (Å²) in [5.74, 6) is 0. The molecular weight excluding hydrogens is 216 g/mol. The molecule has 0 saturated carbocycles. The summed E-state index contributed by atoms with van der Waals surface area (Å²) in [6, 6.07) is 6.78. The predicted octanol–water partition coefficient (Wildman–Crippen LogP) is 2.52. The van der Waals surface area contributed by atoms with Gasteiger partial charge in [-0.05, 0) is 31.7 Å². The van der Waals surface area contributed by atoms with Crippen LogP contribution in [0.1, 0.15) is 12.5 Å². The fraction of sp³-hybridized carbons (Fsp3) is 0.538. The zero-order valence-electron chi connectivity index (χ0n) is 10.3. The Kier molecular flexibility index (Phi) is 3.77. The smallest absolute Gasteiger partial charge is 0.0507 e. The molecule has 1 heterocycles. The molecule has 0 spiro atoms. The fourth-order valence-corrected chi connectivity index (χ4v) is 3.24. The molecule has 16 heavy (non-hydrogen) atoms. The lowest BCUT2D eigenvalue weighted by molar-refractivity contribution is 0.704. The summed E-state index contributed by atoms with van der Waals surface area (Å²) < 4.78 is 0. The van der Waals surface area contributed by atoms with E-state index in [0.717, 1.165) is 19.6 Å². The number of benzene rings is 1. The van der Waals surface area contributed by atoms with Gasteiger partial charge in [0.25, 0.3) is 0 Å². The van der Waals surface area contributed by atoms with Crippen LogP contribution in [0.25, 0.3) is 0 Å². The van der Waals surface area contributed by atoms with Gasteiger partial charge >= 0.3 is 0 Å². The lowest BCUT2D eigenvalue weighted by Crippen LogP contribution is -2.37. The van der Waals surface area contributed by atoms with E-state index in [4.69, 9.17) is 0 Å². The van der Waals surface area contributed by atoms with Crippen molar-refractivity contribution in [2.75, 3.05) is 31.6 Å². The Labute approximate surface area is 102 Å². The van der Waals surface area contributed by atoms with Gasteiger partial charge in [0, 0.05) is 29.8 Å². The number of hydrogen-bond acceptors (Lipinski definition) is 3. The monoisotopic (exact) mass is 236 g/mol. The van der Waals surface area contributed by atoms with Crippen molar-refractivity contribution in [3.8, 4) is 0 Å². The number of nitrogens with zero attached hydrogens (tertiary/aromatic N) is 1. The molecule has 1 atom stereocenters. The lowest BCUT2D eigenvalue weighted by Gasteiger charge is -2.34. The van der Waals surface area contributed by atoms with E-state index in [-0.39, 0.29) is 0 Å². The molecule has 3 heteroatoms. The minimum absolute atomic E-state index is 0.687. The van der Waals surface area contributed by atoms with Crippen LogP contribution in [0.2, 0.25) is 0 Å². The van der Waals surface area contributed by atoms with E-state index in [9.17, 15) is 0 Å². The van der Waals surface area contributed by atoms with Gasteiger partial charge in [-0.1, -0.05) is 13.0 Å². The SMILES string of the molecule is CNCCN1CC(C)Sc2ccc(C)cc21. The van der Waals surface area contributed by atoms with Gasteiger partial charge in [-0.15, -0.1) is 11.8 Å². The van der Waals surface area contributed by atoms with Crippen LogP contribution in [0.4, 0.5) is 5.69 Å². The third kappa shape index (κ3) is 2.53. The minimum atomic E-state index is 0.687. The number of likely N-dealkylation sites (N-methyl/N-ethyl adjacent to an activating group) is 1. The maximum Gasteiger partial charge on any atom is 0.0507 e. The molecule has 0 fully saturated rings. The van der Waals surface area contributed by atoms with Gasteiger partial charge in [0.1, 0.15) is 0 Å². The van der Waals surface area contributed by atoms with Gasteiger partial charge < -0.3 is 10.2 Å². The second-order valence-corrected chi connectivity index (χ2v) is 5.93. The molecule has 0 aromatic heterocycles. The average Bonchev–Trinajstić information content (AvgIpc) is 2.26. The number of hydrogen-bond donors (Lipinski definition) is 1. The van der Waals surface area contributed by atoms with E-state index in [1.54, 1.807) is 0 Å². The van der Waals surface area contributed by atoms with Crippen LogP contribution in [-0.4, -0.2) is 31.9 Å². The summed E-state index contributed by atoms with van der Waals surface area (Å²) in [5.41, 5.74) is 2.77. The molecule has 1 unspecified atom stereocenters. The van der Waals surface area contributed by atoms with Gasteiger partial charge in [0.2, 0.25) is 0 Å². The van der Waals surface area contributed by atoms with E-state index in [1.807, 2.05) is 18.8 Å². The van der Waals surface area contributed by atoms with Crippen molar-refractivity contribution in [2.24, 2.45) is 0 Å². The summed E-state index contributed by atoms with van der Waals surface area (Å²) in [7, 11) is 2.01. The summed E-state index contributed by atoms with van der Waals surface area (Å²) in [4.78, 5) is 3.93. The molecule has 1 N–H and O–H groups in total. The summed E-state index contributed by atoms with van der Waals surface area (Å²) in [6.07, 6.45) is 0. The van der Waals surface area contributed by atoms with Gasteiger partial charge in [0.15, 0.2) is 0 Å². The quantitative estimate of drug-likeness (QED) is 0.868. The Hall–Kier alpha value is -0.670. The van der Waals surface area contributed by atoms with Gasteiger partial charge in [-0.2, -0.15) is 0 Å². The molecule has 2 nitrogen and oxygen atoms in total. The maximum absolute atomic E-state index is 3.23. The Balaban J connectivity index is 2.24. The van der Waals surface area contributed by atoms with Crippen molar-refractivity contribution >= 4 is 17.4 Å². The highest BCUT2D eigenvalue weighted by molar-refractivity contribution is 8.00. The van der Waals surface area contributed by atoms with E-state index < -0.39 is 0 Å². The highest BCUT2D eigenvalue weighted by Gasteiger charge is 2.21. The van der Waals surface area contributed by atoms with E-state index in [2.05, 4.69) is 42.3 Å². The number of anilines is 1. The first kappa shape index (κ1) is 11.8. The summed E-state index contributed by atoms with van der Waals surface area (Å²) in [6.45, 7) is 7.77. The second-order valence-electron chi connectivity index (χ2n) is 4.45. The molecule has 1 aliphatic rings. The number of aryl methyl sites for hydroxylation is 1. The van der Waals surface area contributed by atoms with Crippen molar-refractivity contribution < 1.29 is 0 Å². The molecule has 88 valence electrons. The Morgan fingerprint density at radius 2 is 2.31 bits per heavy atom. The molecule has 0 amide bonds. The first-order valence-corrected chi connectivity index (χ1v) is 6.75.